The fraction of sp³-hybridized carbons (Fsp3) is 0.609. The van der Waals surface area contributed by atoms with Crippen molar-refractivity contribution in [2.45, 2.75) is 70.1 Å². The van der Waals surface area contributed by atoms with Gasteiger partial charge in [0.1, 0.15) is 5.75 Å². The van der Waals surface area contributed by atoms with Gasteiger partial charge in [0, 0.05) is 35.6 Å². The number of nitrogens with one attached hydrogen (secondary N) is 3. The smallest absolute Gasteiger partial charge is 0.223 e. The number of hydrogen-bond donors (Lipinski definition) is 3. The number of fused-ring (bicyclic) bond motifs is 1. The molecule has 1 fully saturated rings. The third-order valence-electron chi connectivity index (χ3n) is 6.67. The Hall–Kier alpha value is -2.06. The van der Waals surface area contributed by atoms with Crippen molar-refractivity contribution in [2.24, 2.45) is 5.92 Å². The highest BCUT2D eigenvalue weighted by atomic mass is 32.2. The first-order chi connectivity index (χ1) is 14.7. The maximum Gasteiger partial charge on any atom is 0.223 e. The minimum atomic E-state index is -3.37. The van der Waals surface area contributed by atoms with E-state index in [-0.39, 0.29) is 17.9 Å². The van der Waals surface area contributed by atoms with Gasteiger partial charge in [-0.15, -0.1) is 0 Å². The summed E-state index contributed by atoms with van der Waals surface area (Å²) in [6.07, 6.45) is 6.07. The molecular weight excluding hydrogens is 414 g/mol. The number of amides is 1. The predicted octanol–water partition coefficient (Wildman–Crippen LogP) is 3.50. The predicted molar refractivity (Wildman–Crippen MR) is 124 cm³/mol. The van der Waals surface area contributed by atoms with Crippen LogP contribution in [0.25, 0.3) is 10.9 Å². The van der Waals surface area contributed by atoms with E-state index in [0.717, 1.165) is 28.6 Å². The number of benzene rings is 1. The number of aromatic nitrogens is 1. The molecule has 1 aliphatic rings. The van der Waals surface area contributed by atoms with Gasteiger partial charge in [-0.05, 0) is 76.1 Å². The number of aromatic amines is 1. The molecule has 0 aliphatic heterocycles. The van der Waals surface area contributed by atoms with Gasteiger partial charge in [-0.2, -0.15) is 0 Å². The van der Waals surface area contributed by atoms with Crippen LogP contribution >= 0.6 is 0 Å². The monoisotopic (exact) mass is 449 g/mol. The van der Waals surface area contributed by atoms with E-state index in [9.17, 15) is 13.2 Å². The number of rotatable bonds is 9. The molecule has 0 saturated heterocycles. The van der Waals surface area contributed by atoms with Gasteiger partial charge in [-0.25, -0.2) is 13.1 Å². The maximum absolute atomic E-state index is 12.6. The van der Waals surface area contributed by atoms with Crippen molar-refractivity contribution in [2.75, 3.05) is 13.7 Å². The minimum Gasteiger partial charge on any atom is -0.497 e. The largest absolute Gasteiger partial charge is 0.497 e. The summed E-state index contributed by atoms with van der Waals surface area (Å²) in [5.41, 5.74) is 2.19. The lowest BCUT2D eigenvalue weighted by atomic mass is 9.86. The molecule has 3 N–H and O–H groups in total. The molecule has 0 unspecified atom stereocenters. The van der Waals surface area contributed by atoms with Crippen molar-refractivity contribution in [1.29, 1.82) is 0 Å². The van der Waals surface area contributed by atoms with Crippen LogP contribution in [0.4, 0.5) is 0 Å². The Labute approximate surface area is 185 Å². The Kier molecular flexibility index (Phi) is 7.31. The lowest BCUT2D eigenvalue weighted by Gasteiger charge is -2.31. The van der Waals surface area contributed by atoms with E-state index in [1.807, 2.05) is 31.3 Å². The van der Waals surface area contributed by atoms with Crippen LogP contribution in [0.5, 0.6) is 5.75 Å². The van der Waals surface area contributed by atoms with E-state index in [4.69, 9.17) is 4.74 Å². The molecule has 1 amide bonds. The van der Waals surface area contributed by atoms with Crippen molar-refractivity contribution in [3.63, 3.8) is 0 Å². The first kappa shape index (κ1) is 23.6. The Morgan fingerprint density at radius 2 is 1.94 bits per heavy atom. The van der Waals surface area contributed by atoms with Gasteiger partial charge in [0.05, 0.1) is 11.9 Å². The highest BCUT2D eigenvalue weighted by Gasteiger charge is 2.36. The van der Waals surface area contributed by atoms with Gasteiger partial charge in [0.2, 0.25) is 15.9 Å². The van der Waals surface area contributed by atoms with Crippen LogP contribution in [0.15, 0.2) is 24.4 Å². The number of hydrogen-bond acceptors (Lipinski definition) is 4. The highest BCUT2D eigenvalue weighted by molar-refractivity contribution is 7.90. The number of methoxy groups -OCH3 is 1. The van der Waals surface area contributed by atoms with E-state index in [1.165, 1.54) is 0 Å². The molecule has 2 aromatic rings. The van der Waals surface area contributed by atoms with Crippen molar-refractivity contribution in [3.05, 3.63) is 30.0 Å². The Morgan fingerprint density at radius 1 is 1.23 bits per heavy atom. The molecular formula is C23H35N3O4S. The Morgan fingerprint density at radius 3 is 2.58 bits per heavy atom. The van der Waals surface area contributed by atoms with E-state index in [1.54, 1.807) is 21.0 Å². The molecule has 1 aliphatic carbocycles. The molecule has 1 aromatic carbocycles. The van der Waals surface area contributed by atoms with Crippen LogP contribution in [0.2, 0.25) is 0 Å². The highest BCUT2D eigenvalue weighted by Crippen LogP contribution is 2.28. The number of ether oxygens (including phenoxy) is 1. The van der Waals surface area contributed by atoms with Crippen molar-refractivity contribution >= 4 is 26.8 Å². The molecule has 1 heterocycles. The second-order valence-corrected chi connectivity index (χ2v) is 11.4. The van der Waals surface area contributed by atoms with E-state index < -0.39 is 14.8 Å². The first-order valence-corrected chi connectivity index (χ1v) is 12.6. The fourth-order valence-corrected chi connectivity index (χ4v) is 5.37. The summed E-state index contributed by atoms with van der Waals surface area (Å²) in [6, 6.07) is 5.83. The number of sulfonamides is 1. The average Bonchev–Trinajstić information content (AvgIpc) is 3.15. The van der Waals surface area contributed by atoms with Crippen LogP contribution in [-0.2, 0) is 21.2 Å². The van der Waals surface area contributed by atoms with Gasteiger partial charge in [-0.3, -0.25) is 4.79 Å². The summed E-state index contributed by atoms with van der Waals surface area (Å²) in [5, 5.41) is 4.17. The summed E-state index contributed by atoms with van der Waals surface area (Å²) in [4.78, 5) is 15.9. The summed E-state index contributed by atoms with van der Waals surface area (Å²) in [6.45, 7) is 5.95. The van der Waals surface area contributed by atoms with Gasteiger partial charge < -0.3 is 15.0 Å². The zero-order valence-corrected chi connectivity index (χ0v) is 19.8. The minimum absolute atomic E-state index is 0.0528. The number of carbonyl (C=O) groups is 1. The molecule has 31 heavy (non-hydrogen) atoms. The molecule has 0 radical (unpaired) electrons. The fourth-order valence-electron chi connectivity index (χ4n) is 4.00. The van der Waals surface area contributed by atoms with E-state index in [0.29, 0.717) is 38.6 Å². The molecule has 1 aromatic heterocycles. The van der Waals surface area contributed by atoms with Gasteiger partial charge >= 0.3 is 0 Å². The third-order valence-corrected chi connectivity index (χ3v) is 9.05. The second kappa shape index (κ2) is 9.61. The summed E-state index contributed by atoms with van der Waals surface area (Å²) >= 11 is 0. The van der Waals surface area contributed by atoms with E-state index >= 15 is 0 Å². The molecule has 172 valence electrons. The zero-order valence-electron chi connectivity index (χ0n) is 19.0. The number of carbonyl (C=O) groups excluding carboxylic acids is 1. The summed E-state index contributed by atoms with van der Waals surface area (Å²) in [5.74, 6) is 0.822. The lowest BCUT2D eigenvalue weighted by molar-refractivity contribution is -0.125. The van der Waals surface area contributed by atoms with Crippen LogP contribution in [0.3, 0.4) is 0 Å². The van der Waals surface area contributed by atoms with Crippen molar-refractivity contribution < 1.29 is 17.9 Å². The molecule has 0 atom stereocenters. The summed E-state index contributed by atoms with van der Waals surface area (Å²) < 4.78 is 32.5. The van der Waals surface area contributed by atoms with Crippen LogP contribution in [0.1, 0.15) is 58.4 Å². The van der Waals surface area contributed by atoms with Gasteiger partial charge in [0.15, 0.2) is 0 Å². The van der Waals surface area contributed by atoms with Crippen molar-refractivity contribution in [1.82, 2.24) is 15.0 Å². The Balaban J connectivity index is 1.47. The lowest BCUT2D eigenvalue weighted by Crippen LogP contribution is -2.47. The molecule has 8 heteroatoms. The quantitative estimate of drug-likeness (QED) is 0.545. The standard InChI is InChI=1S/C23H35N3O4S/c1-5-23(2,3)31(28,29)26-18-8-6-16(7-9-18)22(27)24-13-12-17-15-25-21-11-10-19(30-4)14-20(17)21/h10-11,14-16,18,25-26H,5-9,12-13H2,1-4H3,(H,24,27). The second-order valence-electron chi connectivity index (χ2n) is 9.05. The van der Waals surface area contributed by atoms with Gasteiger partial charge in [-0.1, -0.05) is 6.92 Å². The normalized spacial score (nSPS) is 20.0. The van der Waals surface area contributed by atoms with Crippen molar-refractivity contribution in [3.8, 4) is 5.75 Å². The molecule has 0 bridgehead atoms. The first-order valence-electron chi connectivity index (χ1n) is 11.1. The average molecular weight is 450 g/mol. The summed E-state index contributed by atoms with van der Waals surface area (Å²) in [7, 11) is -1.72. The van der Waals surface area contributed by atoms with Gasteiger partial charge in [0.25, 0.3) is 0 Å². The molecule has 0 spiro atoms. The maximum atomic E-state index is 12.6. The molecule has 1 saturated carbocycles. The SMILES string of the molecule is CCC(C)(C)S(=O)(=O)NC1CCC(C(=O)NCCc2c[nH]c3ccc(OC)cc23)CC1. The van der Waals surface area contributed by atoms with Crippen LogP contribution in [0, 0.1) is 5.92 Å². The number of H-pyrrole nitrogens is 1. The molecule has 3 rings (SSSR count). The molecule has 7 nitrogen and oxygen atoms in total. The van der Waals surface area contributed by atoms with E-state index in [2.05, 4.69) is 15.0 Å². The third kappa shape index (κ3) is 5.41. The Bertz CT molecular complexity index is 1000. The van der Waals surface area contributed by atoms with Crippen LogP contribution < -0.4 is 14.8 Å². The van der Waals surface area contributed by atoms with Crippen LogP contribution in [-0.4, -0.2) is 43.8 Å². The zero-order chi connectivity index (χ0) is 22.6. The topological polar surface area (TPSA) is 100 Å².